The number of hydrogen-bond acceptors (Lipinski definition) is 4. The number of rotatable bonds is 10. The predicted molar refractivity (Wildman–Crippen MR) is 65.6 cm³/mol. The summed E-state index contributed by atoms with van der Waals surface area (Å²) in [5, 5.41) is 16.4. The number of aliphatic hydroxyl groups is 2. The molecule has 2 N–H and O–H groups in total. The Bertz CT molecular complexity index is 87.0. The van der Waals surface area contributed by atoms with E-state index in [2.05, 4.69) is 6.92 Å². The maximum atomic E-state index is 8.34. The van der Waals surface area contributed by atoms with Gasteiger partial charge in [-0.05, 0) is 13.3 Å². The highest BCUT2D eigenvalue weighted by atomic mass is 16.5. The van der Waals surface area contributed by atoms with E-state index < -0.39 is 0 Å². The molecule has 0 aromatic heterocycles. The van der Waals surface area contributed by atoms with Gasteiger partial charge in [-0.25, -0.2) is 0 Å². The first kappa shape index (κ1) is 18.2. The second-order valence-corrected chi connectivity index (χ2v) is 3.32. The standard InChI is InChI=1S/C8H18O2.C4H10O2/c1-2-3-4-5-7-10-8-6-9;1-2-6-4-3-5/h9H,2-8H2,1H3;5H,2-4H2,1H3. The maximum absolute atomic E-state index is 8.34. The van der Waals surface area contributed by atoms with E-state index in [4.69, 9.17) is 19.7 Å². The van der Waals surface area contributed by atoms with Crippen LogP contribution >= 0.6 is 0 Å². The minimum absolute atomic E-state index is 0.133. The van der Waals surface area contributed by atoms with E-state index in [1.165, 1.54) is 19.3 Å². The SMILES string of the molecule is CCCCCCOCCO.CCOCCO. The van der Waals surface area contributed by atoms with Crippen LogP contribution in [0.25, 0.3) is 0 Å². The first-order chi connectivity index (χ1) is 7.83. The molecule has 0 spiro atoms. The van der Waals surface area contributed by atoms with Gasteiger partial charge in [-0.2, -0.15) is 0 Å². The van der Waals surface area contributed by atoms with Crippen LogP contribution < -0.4 is 0 Å². The lowest BCUT2D eigenvalue weighted by Crippen LogP contribution is -2.00. The topological polar surface area (TPSA) is 58.9 Å². The molecule has 0 aromatic carbocycles. The van der Waals surface area contributed by atoms with Gasteiger partial charge in [-0.1, -0.05) is 26.2 Å². The van der Waals surface area contributed by atoms with Gasteiger partial charge in [0, 0.05) is 13.2 Å². The van der Waals surface area contributed by atoms with E-state index in [-0.39, 0.29) is 13.2 Å². The fraction of sp³-hybridized carbons (Fsp3) is 1.00. The monoisotopic (exact) mass is 236 g/mol. The van der Waals surface area contributed by atoms with Crippen molar-refractivity contribution in [2.45, 2.75) is 39.5 Å². The molecule has 0 bridgehead atoms. The second-order valence-electron chi connectivity index (χ2n) is 3.32. The smallest absolute Gasteiger partial charge is 0.0697 e. The first-order valence-corrected chi connectivity index (χ1v) is 6.20. The van der Waals surface area contributed by atoms with Crippen LogP contribution in [0.3, 0.4) is 0 Å². The average Bonchev–Trinajstić information content (AvgIpc) is 2.32. The van der Waals surface area contributed by atoms with Crippen LogP contribution in [-0.4, -0.2) is 49.9 Å². The Labute approximate surface area is 99.6 Å². The first-order valence-electron chi connectivity index (χ1n) is 6.20. The second kappa shape index (κ2) is 20.3. The summed E-state index contributed by atoms with van der Waals surface area (Å²) in [5.41, 5.74) is 0. The number of aliphatic hydroxyl groups excluding tert-OH is 2. The summed E-state index contributed by atoms with van der Waals surface area (Å²) in [7, 11) is 0. The molecule has 0 fully saturated rings. The minimum atomic E-state index is 0.133. The maximum Gasteiger partial charge on any atom is 0.0697 e. The van der Waals surface area contributed by atoms with E-state index in [0.717, 1.165) is 13.0 Å². The molecular formula is C12H28O4. The summed E-state index contributed by atoms with van der Waals surface area (Å²) >= 11 is 0. The zero-order chi connectivity index (χ0) is 12.5. The molecule has 0 aliphatic carbocycles. The largest absolute Gasteiger partial charge is 0.394 e. The Hall–Kier alpha value is -0.160. The van der Waals surface area contributed by atoms with Crippen LogP contribution in [-0.2, 0) is 9.47 Å². The Balaban J connectivity index is 0. The molecule has 100 valence electrons. The lowest BCUT2D eigenvalue weighted by Gasteiger charge is -2.00. The molecule has 0 radical (unpaired) electrons. The Morgan fingerprint density at radius 2 is 1.38 bits per heavy atom. The van der Waals surface area contributed by atoms with Crippen molar-refractivity contribution in [1.29, 1.82) is 0 Å². The zero-order valence-corrected chi connectivity index (χ0v) is 10.8. The molecule has 4 nitrogen and oxygen atoms in total. The minimum Gasteiger partial charge on any atom is -0.394 e. The predicted octanol–water partition coefficient (Wildman–Crippen LogP) is 1.59. The van der Waals surface area contributed by atoms with Gasteiger partial charge in [-0.3, -0.25) is 0 Å². The molecule has 0 saturated heterocycles. The molecule has 0 saturated carbocycles. The molecule has 16 heavy (non-hydrogen) atoms. The zero-order valence-electron chi connectivity index (χ0n) is 10.8. The molecule has 0 aliphatic rings. The van der Waals surface area contributed by atoms with Crippen LogP contribution in [0.4, 0.5) is 0 Å². The van der Waals surface area contributed by atoms with E-state index in [1.807, 2.05) is 6.92 Å². The number of hydrogen-bond donors (Lipinski definition) is 2. The highest BCUT2D eigenvalue weighted by Crippen LogP contribution is 1.98. The van der Waals surface area contributed by atoms with Gasteiger partial charge >= 0.3 is 0 Å². The number of ether oxygens (including phenoxy) is 2. The average molecular weight is 236 g/mol. The van der Waals surface area contributed by atoms with Crippen LogP contribution in [0.5, 0.6) is 0 Å². The van der Waals surface area contributed by atoms with E-state index in [1.54, 1.807) is 0 Å². The molecule has 0 rings (SSSR count). The summed E-state index contributed by atoms with van der Waals surface area (Å²) in [5.74, 6) is 0. The van der Waals surface area contributed by atoms with Gasteiger partial charge < -0.3 is 19.7 Å². The van der Waals surface area contributed by atoms with Crippen molar-refractivity contribution < 1.29 is 19.7 Å². The molecule has 0 heterocycles. The summed E-state index contributed by atoms with van der Waals surface area (Å²) in [6, 6.07) is 0. The summed E-state index contributed by atoms with van der Waals surface area (Å²) in [6.45, 7) is 6.83. The normalized spacial score (nSPS) is 9.75. The van der Waals surface area contributed by atoms with Crippen LogP contribution in [0, 0.1) is 0 Å². The Kier molecular flexibility index (Phi) is 23.1. The van der Waals surface area contributed by atoms with Gasteiger partial charge in [0.15, 0.2) is 0 Å². The van der Waals surface area contributed by atoms with E-state index in [9.17, 15) is 0 Å². The fourth-order valence-electron chi connectivity index (χ4n) is 1.01. The molecule has 4 heteroatoms. The van der Waals surface area contributed by atoms with Crippen molar-refractivity contribution in [1.82, 2.24) is 0 Å². The third kappa shape index (κ3) is 23.6. The molecule has 0 amide bonds. The third-order valence-corrected chi connectivity index (χ3v) is 1.82. The lowest BCUT2D eigenvalue weighted by atomic mass is 10.2. The van der Waals surface area contributed by atoms with Crippen molar-refractivity contribution in [3.05, 3.63) is 0 Å². The molecule has 0 aromatic rings. The van der Waals surface area contributed by atoms with Crippen molar-refractivity contribution in [2.24, 2.45) is 0 Å². The Morgan fingerprint density at radius 3 is 1.81 bits per heavy atom. The molecule has 0 unspecified atom stereocenters. The van der Waals surface area contributed by atoms with Crippen LogP contribution in [0.15, 0.2) is 0 Å². The van der Waals surface area contributed by atoms with E-state index >= 15 is 0 Å². The van der Waals surface area contributed by atoms with E-state index in [0.29, 0.717) is 19.8 Å². The van der Waals surface area contributed by atoms with Crippen molar-refractivity contribution >= 4 is 0 Å². The lowest BCUT2D eigenvalue weighted by molar-refractivity contribution is 0.0896. The highest BCUT2D eigenvalue weighted by molar-refractivity contribution is 4.38. The van der Waals surface area contributed by atoms with Crippen molar-refractivity contribution in [3.63, 3.8) is 0 Å². The highest BCUT2D eigenvalue weighted by Gasteiger charge is 1.87. The third-order valence-electron chi connectivity index (χ3n) is 1.82. The van der Waals surface area contributed by atoms with Gasteiger partial charge in [-0.15, -0.1) is 0 Å². The van der Waals surface area contributed by atoms with Crippen LogP contribution in [0.1, 0.15) is 39.5 Å². The van der Waals surface area contributed by atoms with Gasteiger partial charge in [0.1, 0.15) is 0 Å². The Morgan fingerprint density at radius 1 is 0.750 bits per heavy atom. The molecular weight excluding hydrogens is 208 g/mol. The molecule has 0 aliphatic heterocycles. The quantitative estimate of drug-likeness (QED) is 0.566. The molecule has 0 atom stereocenters. The van der Waals surface area contributed by atoms with Crippen LogP contribution in [0.2, 0.25) is 0 Å². The van der Waals surface area contributed by atoms with Gasteiger partial charge in [0.2, 0.25) is 0 Å². The van der Waals surface area contributed by atoms with Gasteiger partial charge in [0.25, 0.3) is 0 Å². The summed E-state index contributed by atoms with van der Waals surface area (Å²) in [4.78, 5) is 0. The van der Waals surface area contributed by atoms with Crippen molar-refractivity contribution in [3.8, 4) is 0 Å². The number of unbranched alkanes of at least 4 members (excludes halogenated alkanes) is 3. The fourth-order valence-corrected chi connectivity index (χ4v) is 1.01. The van der Waals surface area contributed by atoms with Crippen molar-refractivity contribution in [2.75, 3.05) is 39.6 Å². The van der Waals surface area contributed by atoms with Gasteiger partial charge in [0.05, 0.1) is 26.4 Å². The summed E-state index contributed by atoms with van der Waals surface area (Å²) in [6.07, 6.45) is 4.94. The summed E-state index contributed by atoms with van der Waals surface area (Å²) < 4.78 is 9.81.